The van der Waals surface area contributed by atoms with Crippen molar-refractivity contribution in [1.82, 2.24) is 14.8 Å². The Labute approximate surface area is 126 Å². The number of nitrogens with one attached hydrogen (secondary N) is 1. The molecule has 0 aliphatic heterocycles. The van der Waals surface area contributed by atoms with Gasteiger partial charge in [0.05, 0.1) is 5.02 Å². The first-order valence-electron chi connectivity index (χ1n) is 6.41. The van der Waals surface area contributed by atoms with Gasteiger partial charge in [-0.1, -0.05) is 24.6 Å². The molecule has 7 heteroatoms. The lowest BCUT2D eigenvalue weighted by molar-refractivity contribution is 0.604. The summed E-state index contributed by atoms with van der Waals surface area (Å²) in [7, 11) is 0. The Morgan fingerprint density at radius 3 is 2.90 bits per heavy atom. The quantitative estimate of drug-likeness (QED) is 0.890. The molecular formula is C13H17ClN4OS. The number of nitrogens with zero attached hydrogens (tertiary/aromatic N) is 2. The molecule has 1 aromatic carbocycles. The van der Waals surface area contributed by atoms with Gasteiger partial charge < -0.3 is 5.73 Å². The zero-order chi connectivity index (χ0) is 14.7. The molecule has 108 valence electrons. The minimum atomic E-state index is -0.197. The van der Waals surface area contributed by atoms with Crippen LogP contribution >= 0.6 is 23.4 Å². The second-order valence-corrected chi connectivity index (χ2v) is 5.96. The lowest BCUT2D eigenvalue weighted by atomic mass is 10.1. The zero-order valence-corrected chi connectivity index (χ0v) is 13.0. The molecule has 0 fully saturated rings. The van der Waals surface area contributed by atoms with Crippen LogP contribution in [0, 0.1) is 0 Å². The fourth-order valence-electron chi connectivity index (χ4n) is 1.78. The van der Waals surface area contributed by atoms with Gasteiger partial charge in [-0.2, -0.15) is 0 Å². The average Bonchev–Trinajstić information content (AvgIpc) is 2.74. The topological polar surface area (TPSA) is 76.7 Å². The van der Waals surface area contributed by atoms with Gasteiger partial charge in [-0.25, -0.2) is 9.89 Å². The Kier molecular flexibility index (Phi) is 4.91. The summed E-state index contributed by atoms with van der Waals surface area (Å²) in [6.45, 7) is 4.55. The van der Waals surface area contributed by atoms with Crippen LogP contribution in [0.1, 0.15) is 31.9 Å². The molecule has 0 aliphatic rings. The number of aromatic amines is 1. The van der Waals surface area contributed by atoms with Gasteiger partial charge in [0.25, 0.3) is 0 Å². The maximum Gasteiger partial charge on any atom is 0.343 e. The Morgan fingerprint density at radius 1 is 1.55 bits per heavy atom. The lowest BCUT2D eigenvalue weighted by Crippen LogP contribution is -2.17. The van der Waals surface area contributed by atoms with Gasteiger partial charge in [0.2, 0.25) is 0 Å². The number of benzene rings is 1. The fourth-order valence-corrected chi connectivity index (χ4v) is 2.95. The summed E-state index contributed by atoms with van der Waals surface area (Å²) in [5, 5.41) is 7.73. The molecular weight excluding hydrogens is 296 g/mol. The van der Waals surface area contributed by atoms with Gasteiger partial charge in [-0.05, 0) is 42.8 Å². The Bertz CT molecular complexity index is 650. The molecule has 0 spiro atoms. The molecule has 0 bridgehead atoms. The summed E-state index contributed by atoms with van der Waals surface area (Å²) in [6, 6.07) is 5.63. The molecule has 0 saturated carbocycles. The summed E-state index contributed by atoms with van der Waals surface area (Å²) >= 11 is 7.63. The maximum atomic E-state index is 11.6. The van der Waals surface area contributed by atoms with Crippen molar-refractivity contribution >= 4 is 23.4 Å². The fraction of sp³-hybridized carbons (Fsp3) is 0.385. The third-order valence-electron chi connectivity index (χ3n) is 2.85. The zero-order valence-electron chi connectivity index (χ0n) is 11.4. The van der Waals surface area contributed by atoms with Crippen molar-refractivity contribution in [2.75, 3.05) is 0 Å². The smallest absolute Gasteiger partial charge is 0.324 e. The number of aromatic nitrogens is 3. The molecule has 20 heavy (non-hydrogen) atoms. The first kappa shape index (κ1) is 15.2. The minimum Gasteiger partial charge on any atom is -0.324 e. The van der Waals surface area contributed by atoms with Crippen molar-refractivity contribution in [2.24, 2.45) is 5.73 Å². The van der Waals surface area contributed by atoms with E-state index in [1.165, 1.54) is 11.8 Å². The number of H-pyrrole nitrogens is 1. The number of rotatable bonds is 5. The molecule has 0 unspecified atom stereocenters. The van der Waals surface area contributed by atoms with E-state index in [2.05, 4.69) is 10.2 Å². The molecule has 0 saturated heterocycles. The summed E-state index contributed by atoms with van der Waals surface area (Å²) < 4.78 is 1.61. The summed E-state index contributed by atoms with van der Waals surface area (Å²) in [4.78, 5) is 12.5. The van der Waals surface area contributed by atoms with Crippen LogP contribution in [0.3, 0.4) is 0 Å². The monoisotopic (exact) mass is 312 g/mol. The van der Waals surface area contributed by atoms with Gasteiger partial charge in [0.1, 0.15) is 0 Å². The number of hydrogen-bond acceptors (Lipinski definition) is 4. The van der Waals surface area contributed by atoms with Crippen LogP contribution in [0.4, 0.5) is 0 Å². The molecule has 0 radical (unpaired) electrons. The van der Waals surface area contributed by atoms with E-state index < -0.39 is 0 Å². The van der Waals surface area contributed by atoms with E-state index in [1.807, 2.05) is 32.0 Å². The van der Waals surface area contributed by atoms with Gasteiger partial charge >= 0.3 is 5.69 Å². The normalized spacial score (nSPS) is 12.6. The van der Waals surface area contributed by atoms with Crippen molar-refractivity contribution in [3.8, 4) is 0 Å². The predicted molar refractivity (Wildman–Crippen MR) is 81.3 cm³/mol. The Morgan fingerprint density at radius 2 is 2.30 bits per heavy atom. The maximum absolute atomic E-state index is 11.6. The summed E-state index contributed by atoms with van der Waals surface area (Å²) in [5.74, 6) is 0. The second kappa shape index (κ2) is 6.47. The molecule has 3 N–H and O–H groups in total. The molecule has 5 nitrogen and oxygen atoms in total. The van der Waals surface area contributed by atoms with E-state index in [4.69, 9.17) is 17.3 Å². The van der Waals surface area contributed by atoms with Crippen LogP contribution < -0.4 is 11.4 Å². The van der Waals surface area contributed by atoms with Gasteiger partial charge in [0.15, 0.2) is 5.16 Å². The third kappa shape index (κ3) is 3.26. The minimum absolute atomic E-state index is 0.0600. The highest BCUT2D eigenvalue weighted by atomic mass is 35.5. The lowest BCUT2D eigenvalue weighted by Gasteiger charge is -2.09. The SMILES string of the molecule is CCCn1c(Sc2ccc([C@@H](C)N)cc2Cl)n[nH]c1=O. The third-order valence-corrected chi connectivity index (χ3v) is 4.35. The van der Waals surface area contributed by atoms with E-state index in [0.29, 0.717) is 16.7 Å². The molecule has 1 aromatic heterocycles. The number of halogens is 1. The molecule has 0 aliphatic carbocycles. The second-order valence-electron chi connectivity index (χ2n) is 4.54. The van der Waals surface area contributed by atoms with Crippen molar-refractivity contribution in [1.29, 1.82) is 0 Å². The highest BCUT2D eigenvalue weighted by Crippen LogP contribution is 2.33. The first-order chi connectivity index (χ1) is 9.52. The van der Waals surface area contributed by atoms with E-state index >= 15 is 0 Å². The van der Waals surface area contributed by atoms with E-state index in [1.54, 1.807) is 4.57 Å². The predicted octanol–water partition coefficient (Wildman–Crippen LogP) is 2.81. The molecule has 2 rings (SSSR count). The van der Waals surface area contributed by atoms with Crippen molar-refractivity contribution < 1.29 is 0 Å². The molecule has 1 atom stereocenters. The van der Waals surface area contributed by atoms with Crippen LogP contribution in [0.5, 0.6) is 0 Å². The Hall–Kier alpha value is -1.24. The van der Waals surface area contributed by atoms with E-state index in [0.717, 1.165) is 16.9 Å². The van der Waals surface area contributed by atoms with E-state index in [9.17, 15) is 4.79 Å². The summed E-state index contributed by atoms with van der Waals surface area (Å²) in [5.41, 5.74) is 6.61. The van der Waals surface area contributed by atoms with Gasteiger partial charge in [-0.3, -0.25) is 4.57 Å². The van der Waals surface area contributed by atoms with Crippen LogP contribution in [0.25, 0.3) is 0 Å². The van der Waals surface area contributed by atoms with Crippen molar-refractivity contribution in [3.05, 3.63) is 39.3 Å². The number of hydrogen-bond donors (Lipinski definition) is 2. The van der Waals surface area contributed by atoms with Crippen LogP contribution in [-0.4, -0.2) is 14.8 Å². The van der Waals surface area contributed by atoms with Crippen LogP contribution in [-0.2, 0) is 6.54 Å². The molecule has 2 aromatic rings. The molecule has 0 amide bonds. The Balaban J connectivity index is 2.28. The highest BCUT2D eigenvalue weighted by Gasteiger charge is 2.12. The highest BCUT2D eigenvalue weighted by molar-refractivity contribution is 7.99. The summed E-state index contributed by atoms with van der Waals surface area (Å²) in [6.07, 6.45) is 0.865. The van der Waals surface area contributed by atoms with E-state index in [-0.39, 0.29) is 11.7 Å². The number of nitrogens with two attached hydrogens (primary N) is 1. The van der Waals surface area contributed by atoms with Crippen molar-refractivity contribution in [2.45, 2.75) is 42.9 Å². The average molecular weight is 313 g/mol. The van der Waals surface area contributed by atoms with Crippen molar-refractivity contribution in [3.63, 3.8) is 0 Å². The van der Waals surface area contributed by atoms with Crippen LogP contribution in [0.15, 0.2) is 33.0 Å². The standard InChI is InChI=1S/C13H17ClN4OS/c1-3-6-18-12(19)16-17-13(18)20-11-5-4-9(8(2)15)7-10(11)14/h4-5,7-8H,3,6,15H2,1-2H3,(H,16,19)/t8-/m1/s1. The van der Waals surface area contributed by atoms with Gasteiger partial charge in [0, 0.05) is 17.5 Å². The van der Waals surface area contributed by atoms with Crippen LogP contribution in [0.2, 0.25) is 5.02 Å². The first-order valence-corrected chi connectivity index (χ1v) is 7.60. The van der Waals surface area contributed by atoms with Gasteiger partial charge in [-0.15, -0.1) is 5.10 Å². The molecule has 1 heterocycles. The largest absolute Gasteiger partial charge is 0.343 e.